The lowest BCUT2D eigenvalue weighted by Gasteiger charge is -2.37. The Morgan fingerprint density at radius 2 is 2.00 bits per heavy atom. The predicted molar refractivity (Wildman–Crippen MR) is 69.5 cm³/mol. The Balaban J connectivity index is 2.41. The first-order chi connectivity index (χ1) is 8.10. The van der Waals surface area contributed by atoms with Crippen LogP contribution in [0.15, 0.2) is 30.3 Å². The van der Waals surface area contributed by atoms with Crippen LogP contribution in [0.1, 0.15) is 45.2 Å². The molecule has 1 fully saturated rings. The summed E-state index contributed by atoms with van der Waals surface area (Å²) in [6, 6.07) is 10.5. The molecular weight excluding hydrogens is 210 g/mol. The van der Waals surface area contributed by atoms with E-state index >= 15 is 0 Å². The van der Waals surface area contributed by atoms with Crippen molar-refractivity contribution >= 4 is 5.91 Å². The van der Waals surface area contributed by atoms with E-state index in [0.717, 1.165) is 6.42 Å². The van der Waals surface area contributed by atoms with Crippen molar-refractivity contribution in [3.8, 4) is 0 Å². The molecule has 2 unspecified atom stereocenters. The van der Waals surface area contributed by atoms with Crippen LogP contribution in [-0.4, -0.2) is 5.91 Å². The van der Waals surface area contributed by atoms with Gasteiger partial charge in [0.15, 0.2) is 0 Å². The van der Waals surface area contributed by atoms with Gasteiger partial charge in [-0.15, -0.1) is 0 Å². The number of rotatable bonds is 3. The number of carbonyl (C=O) groups excluding carboxylic acids is 1. The number of carbonyl (C=O) groups is 1. The molecule has 2 atom stereocenters. The molecule has 92 valence electrons. The van der Waals surface area contributed by atoms with Crippen molar-refractivity contribution in [2.75, 3.05) is 0 Å². The van der Waals surface area contributed by atoms with Crippen molar-refractivity contribution in [1.29, 1.82) is 0 Å². The fourth-order valence-corrected chi connectivity index (χ4v) is 3.09. The van der Waals surface area contributed by atoms with Gasteiger partial charge in [-0.2, -0.15) is 0 Å². The Kier molecular flexibility index (Phi) is 3.23. The highest BCUT2D eigenvalue weighted by atomic mass is 16.2. The van der Waals surface area contributed by atoms with Gasteiger partial charge in [0.1, 0.15) is 0 Å². The third-order valence-electron chi connectivity index (χ3n) is 4.31. The first-order valence-electron chi connectivity index (χ1n) is 6.44. The molecule has 1 saturated heterocycles. The SMILES string of the molecule is CCC1(C(C)C)CC(=O)NC1c1ccccc1. The van der Waals surface area contributed by atoms with Crippen LogP contribution in [0.25, 0.3) is 0 Å². The average molecular weight is 231 g/mol. The van der Waals surface area contributed by atoms with E-state index in [1.54, 1.807) is 0 Å². The van der Waals surface area contributed by atoms with Gasteiger partial charge in [-0.3, -0.25) is 4.79 Å². The van der Waals surface area contributed by atoms with Gasteiger partial charge < -0.3 is 5.32 Å². The molecule has 0 bridgehead atoms. The van der Waals surface area contributed by atoms with Crippen molar-refractivity contribution in [3.05, 3.63) is 35.9 Å². The molecule has 0 aliphatic carbocycles. The maximum absolute atomic E-state index is 11.8. The van der Waals surface area contributed by atoms with Crippen LogP contribution in [-0.2, 0) is 4.79 Å². The molecule has 0 spiro atoms. The maximum Gasteiger partial charge on any atom is 0.221 e. The molecule has 1 aliphatic rings. The van der Waals surface area contributed by atoms with Crippen LogP contribution >= 0.6 is 0 Å². The number of benzene rings is 1. The molecule has 0 aromatic heterocycles. The van der Waals surface area contributed by atoms with Crippen LogP contribution < -0.4 is 5.32 Å². The Morgan fingerprint density at radius 3 is 2.53 bits per heavy atom. The predicted octanol–water partition coefficient (Wildman–Crippen LogP) is 3.30. The molecule has 1 N–H and O–H groups in total. The molecule has 0 radical (unpaired) electrons. The lowest BCUT2D eigenvalue weighted by Crippen LogP contribution is -2.33. The minimum absolute atomic E-state index is 0.0679. The van der Waals surface area contributed by atoms with Gasteiger partial charge in [0.2, 0.25) is 5.91 Å². The summed E-state index contributed by atoms with van der Waals surface area (Å²) in [7, 11) is 0. The van der Waals surface area contributed by atoms with Crippen molar-refractivity contribution in [1.82, 2.24) is 5.32 Å². The summed E-state index contributed by atoms with van der Waals surface area (Å²) >= 11 is 0. The zero-order chi connectivity index (χ0) is 12.5. The van der Waals surface area contributed by atoms with Gasteiger partial charge in [0.25, 0.3) is 0 Å². The van der Waals surface area contributed by atoms with Gasteiger partial charge in [0.05, 0.1) is 6.04 Å². The molecule has 2 heteroatoms. The Morgan fingerprint density at radius 1 is 1.35 bits per heavy atom. The van der Waals surface area contributed by atoms with E-state index in [1.807, 2.05) is 18.2 Å². The van der Waals surface area contributed by atoms with E-state index in [-0.39, 0.29) is 17.4 Å². The van der Waals surface area contributed by atoms with Crippen molar-refractivity contribution in [2.24, 2.45) is 11.3 Å². The molecule has 17 heavy (non-hydrogen) atoms. The van der Waals surface area contributed by atoms with E-state index in [9.17, 15) is 4.79 Å². The largest absolute Gasteiger partial charge is 0.349 e. The number of amides is 1. The molecule has 1 amide bonds. The Hall–Kier alpha value is -1.31. The number of hydrogen-bond donors (Lipinski definition) is 1. The highest BCUT2D eigenvalue weighted by Gasteiger charge is 2.48. The molecule has 1 aliphatic heterocycles. The molecule has 1 aromatic carbocycles. The summed E-state index contributed by atoms with van der Waals surface area (Å²) in [4.78, 5) is 11.8. The van der Waals surface area contributed by atoms with Crippen LogP contribution in [0.4, 0.5) is 0 Å². The maximum atomic E-state index is 11.8. The van der Waals surface area contributed by atoms with Crippen LogP contribution in [0.3, 0.4) is 0 Å². The van der Waals surface area contributed by atoms with E-state index in [0.29, 0.717) is 12.3 Å². The molecule has 2 nitrogen and oxygen atoms in total. The topological polar surface area (TPSA) is 29.1 Å². The fraction of sp³-hybridized carbons (Fsp3) is 0.533. The van der Waals surface area contributed by atoms with Crippen LogP contribution in [0, 0.1) is 11.3 Å². The van der Waals surface area contributed by atoms with E-state index < -0.39 is 0 Å². The first kappa shape index (κ1) is 12.2. The quantitative estimate of drug-likeness (QED) is 0.849. The molecule has 0 saturated carbocycles. The zero-order valence-corrected chi connectivity index (χ0v) is 10.9. The second kappa shape index (κ2) is 4.52. The third-order valence-corrected chi connectivity index (χ3v) is 4.31. The summed E-state index contributed by atoms with van der Waals surface area (Å²) in [5, 5.41) is 3.15. The van der Waals surface area contributed by atoms with Crippen molar-refractivity contribution in [2.45, 2.75) is 39.7 Å². The minimum atomic E-state index is 0.0679. The lowest BCUT2D eigenvalue weighted by atomic mass is 9.67. The third kappa shape index (κ3) is 1.97. The average Bonchev–Trinajstić information content (AvgIpc) is 2.69. The summed E-state index contributed by atoms with van der Waals surface area (Å²) in [5.74, 6) is 0.686. The Bertz CT molecular complexity index is 399. The first-order valence-corrected chi connectivity index (χ1v) is 6.44. The standard InChI is InChI=1S/C15H21NO/c1-4-15(11(2)3)10-13(17)16-14(15)12-8-6-5-7-9-12/h5-9,11,14H,4,10H2,1-3H3,(H,16,17). The van der Waals surface area contributed by atoms with Crippen LogP contribution in [0.5, 0.6) is 0 Å². The minimum Gasteiger partial charge on any atom is -0.349 e. The second-order valence-electron chi connectivity index (χ2n) is 5.33. The van der Waals surface area contributed by atoms with E-state index in [4.69, 9.17) is 0 Å². The summed E-state index contributed by atoms with van der Waals surface area (Å²) in [5.41, 5.74) is 1.30. The molecule has 1 aromatic rings. The van der Waals surface area contributed by atoms with Gasteiger partial charge in [-0.05, 0) is 17.9 Å². The number of nitrogens with one attached hydrogen (secondary N) is 1. The van der Waals surface area contributed by atoms with Crippen molar-refractivity contribution in [3.63, 3.8) is 0 Å². The van der Waals surface area contributed by atoms with Gasteiger partial charge in [-0.1, -0.05) is 51.1 Å². The van der Waals surface area contributed by atoms with E-state index in [2.05, 4.69) is 38.2 Å². The van der Waals surface area contributed by atoms with E-state index in [1.165, 1.54) is 5.56 Å². The van der Waals surface area contributed by atoms with Crippen molar-refractivity contribution < 1.29 is 4.79 Å². The molecule has 2 rings (SSSR count). The monoisotopic (exact) mass is 231 g/mol. The molecule has 1 heterocycles. The van der Waals surface area contributed by atoms with Gasteiger partial charge >= 0.3 is 0 Å². The van der Waals surface area contributed by atoms with Gasteiger partial charge in [-0.25, -0.2) is 0 Å². The highest BCUT2D eigenvalue weighted by molar-refractivity contribution is 5.80. The summed E-state index contributed by atoms with van der Waals surface area (Å²) in [6.07, 6.45) is 1.68. The highest BCUT2D eigenvalue weighted by Crippen LogP contribution is 2.49. The smallest absolute Gasteiger partial charge is 0.221 e. The lowest BCUT2D eigenvalue weighted by molar-refractivity contribution is -0.120. The normalized spacial score (nSPS) is 28.5. The zero-order valence-electron chi connectivity index (χ0n) is 10.9. The number of hydrogen-bond acceptors (Lipinski definition) is 1. The van der Waals surface area contributed by atoms with Crippen LogP contribution in [0.2, 0.25) is 0 Å². The molecular formula is C15H21NO. The van der Waals surface area contributed by atoms with Gasteiger partial charge in [0, 0.05) is 11.8 Å². The Labute approximate surface area is 103 Å². The summed E-state index contributed by atoms with van der Waals surface area (Å²) < 4.78 is 0. The summed E-state index contributed by atoms with van der Waals surface area (Å²) in [6.45, 7) is 6.63. The second-order valence-corrected chi connectivity index (χ2v) is 5.33. The fourth-order valence-electron chi connectivity index (χ4n) is 3.09.